The van der Waals surface area contributed by atoms with Crippen molar-refractivity contribution in [3.05, 3.63) is 28.3 Å². The topological polar surface area (TPSA) is 20.2 Å². The molecule has 0 saturated carbocycles. The molecule has 0 aliphatic heterocycles. The first kappa shape index (κ1) is 10.7. The van der Waals surface area contributed by atoms with E-state index in [9.17, 15) is 5.11 Å². The van der Waals surface area contributed by atoms with Crippen molar-refractivity contribution in [2.75, 3.05) is 0 Å². The van der Waals surface area contributed by atoms with Crippen molar-refractivity contribution >= 4 is 23.2 Å². The fraction of sp³-hybridized carbons (Fsp3) is 0.400. The van der Waals surface area contributed by atoms with E-state index in [-0.39, 0.29) is 11.7 Å². The van der Waals surface area contributed by atoms with E-state index < -0.39 is 0 Å². The lowest BCUT2D eigenvalue weighted by molar-refractivity contribution is 0.464. The zero-order chi connectivity index (χ0) is 10.0. The van der Waals surface area contributed by atoms with E-state index >= 15 is 0 Å². The van der Waals surface area contributed by atoms with Gasteiger partial charge in [-0.3, -0.25) is 0 Å². The molecule has 1 N–H and O–H groups in total. The van der Waals surface area contributed by atoms with Crippen molar-refractivity contribution in [1.82, 2.24) is 0 Å². The summed E-state index contributed by atoms with van der Waals surface area (Å²) in [5, 5.41) is 10.1. The molecule has 0 bridgehead atoms. The van der Waals surface area contributed by atoms with Gasteiger partial charge in [0.1, 0.15) is 5.75 Å². The summed E-state index contributed by atoms with van der Waals surface area (Å²) in [6.07, 6.45) is 0. The average molecular weight is 219 g/mol. The first-order valence-corrected chi connectivity index (χ1v) is 5.05. The van der Waals surface area contributed by atoms with Crippen LogP contribution in [0.5, 0.6) is 5.75 Å². The summed E-state index contributed by atoms with van der Waals surface area (Å²) in [5.41, 5.74) is 1.63. The number of rotatable bonds is 2. The molecule has 0 amide bonds. The molecule has 0 heterocycles. The third kappa shape index (κ3) is 2.09. The number of phenolic OH excluding ortho intramolecular Hbond substituents is 1. The van der Waals surface area contributed by atoms with Gasteiger partial charge < -0.3 is 5.11 Å². The fourth-order valence-corrected chi connectivity index (χ4v) is 1.72. The smallest absolute Gasteiger partial charge is 0.137 e. The molecule has 0 atom stereocenters. The van der Waals surface area contributed by atoms with Gasteiger partial charge in [-0.05, 0) is 17.0 Å². The van der Waals surface area contributed by atoms with Crippen molar-refractivity contribution < 1.29 is 5.11 Å². The number of aromatic hydroxyl groups is 1. The van der Waals surface area contributed by atoms with Gasteiger partial charge >= 0.3 is 0 Å². The quantitative estimate of drug-likeness (QED) is 0.747. The first-order valence-electron chi connectivity index (χ1n) is 4.14. The van der Waals surface area contributed by atoms with Crippen LogP contribution in [-0.4, -0.2) is 5.11 Å². The second-order valence-corrected chi connectivity index (χ2v) is 3.91. The Bertz CT molecular complexity index is 308. The zero-order valence-corrected chi connectivity index (χ0v) is 9.15. The number of halogens is 2. The van der Waals surface area contributed by atoms with Crippen molar-refractivity contribution in [2.45, 2.75) is 25.6 Å². The standard InChI is InChI=1S/C10H12Cl2O/c1-6(2)8-4-3-7(5-11)9(12)10(8)13/h3-4,6,13H,5H2,1-2H3. The minimum atomic E-state index is 0.162. The van der Waals surface area contributed by atoms with Crippen LogP contribution >= 0.6 is 23.2 Å². The maximum absolute atomic E-state index is 9.69. The predicted molar refractivity (Wildman–Crippen MR) is 56.8 cm³/mol. The van der Waals surface area contributed by atoms with Gasteiger partial charge in [0.05, 0.1) is 5.02 Å². The van der Waals surface area contributed by atoms with Crippen LogP contribution in [0, 0.1) is 0 Å². The Balaban J connectivity index is 3.23. The van der Waals surface area contributed by atoms with Crippen LogP contribution < -0.4 is 0 Å². The molecule has 3 heteroatoms. The number of alkyl halides is 1. The highest BCUT2D eigenvalue weighted by Gasteiger charge is 2.11. The Morgan fingerprint density at radius 1 is 1.38 bits per heavy atom. The van der Waals surface area contributed by atoms with Crippen LogP contribution in [0.3, 0.4) is 0 Å². The lowest BCUT2D eigenvalue weighted by Gasteiger charge is -2.11. The van der Waals surface area contributed by atoms with E-state index in [0.29, 0.717) is 10.9 Å². The number of hydrogen-bond acceptors (Lipinski definition) is 1. The van der Waals surface area contributed by atoms with Gasteiger partial charge in [-0.2, -0.15) is 0 Å². The summed E-state index contributed by atoms with van der Waals surface area (Å²) in [5.74, 6) is 0.752. The van der Waals surface area contributed by atoms with E-state index in [2.05, 4.69) is 0 Å². The summed E-state index contributed by atoms with van der Waals surface area (Å²) < 4.78 is 0. The highest BCUT2D eigenvalue weighted by molar-refractivity contribution is 6.33. The Morgan fingerprint density at radius 3 is 2.46 bits per heavy atom. The van der Waals surface area contributed by atoms with Crippen LogP contribution in [0.4, 0.5) is 0 Å². The molecule has 0 aliphatic rings. The van der Waals surface area contributed by atoms with Crippen molar-refractivity contribution in [3.63, 3.8) is 0 Å². The van der Waals surface area contributed by atoms with Crippen LogP contribution in [0.15, 0.2) is 12.1 Å². The monoisotopic (exact) mass is 218 g/mol. The second kappa shape index (κ2) is 4.21. The average Bonchev–Trinajstić information content (AvgIpc) is 2.09. The van der Waals surface area contributed by atoms with Gasteiger partial charge in [-0.1, -0.05) is 37.6 Å². The normalized spacial score (nSPS) is 10.8. The van der Waals surface area contributed by atoms with Crippen molar-refractivity contribution in [3.8, 4) is 5.75 Å². The van der Waals surface area contributed by atoms with E-state index in [1.54, 1.807) is 0 Å². The van der Waals surface area contributed by atoms with Gasteiger partial charge in [-0.25, -0.2) is 0 Å². The maximum atomic E-state index is 9.69. The molecule has 0 aromatic heterocycles. The fourth-order valence-electron chi connectivity index (χ4n) is 1.19. The van der Waals surface area contributed by atoms with E-state index in [0.717, 1.165) is 11.1 Å². The van der Waals surface area contributed by atoms with Crippen LogP contribution in [0.25, 0.3) is 0 Å². The molecule has 1 nitrogen and oxygen atoms in total. The molecule has 0 saturated heterocycles. The molecule has 0 radical (unpaired) electrons. The van der Waals surface area contributed by atoms with Gasteiger partial charge in [0.2, 0.25) is 0 Å². The Kier molecular flexibility index (Phi) is 3.46. The second-order valence-electron chi connectivity index (χ2n) is 3.26. The largest absolute Gasteiger partial charge is 0.506 e. The zero-order valence-electron chi connectivity index (χ0n) is 7.64. The molecular formula is C10H12Cl2O. The summed E-state index contributed by atoms with van der Waals surface area (Å²) in [7, 11) is 0. The lowest BCUT2D eigenvalue weighted by Crippen LogP contribution is -1.91. The molecule has 0 spiro atoms. The first-order chi connectivity index (χ1) is 6.07. The molecule has 1 rings (SSSR count). The van der Waals surface area contributed by atoms with E-state index in [1.165, 1.54) is 0 Å². The van der Waals surface area contributed by atoms with Crippen LogP contribution in [0.1, 0.15) is 30.9 Å². The molecule has 0 fully saturated rings. The van der Waals surface area contributed by atoms with Gasteiger partial charge in [0, 0.05) is 5.88 Å². The van der Waals surface area contributed by atoms with Gasteiger partial charge in [0.25, 0.3) is 0 Å². The third-order valence-electron chi connectivity index (χ3n) is 1.99. The van der Waals surface area contributed by atoms with E-state index in [1.807, 2.05) is 26.0 Å². The van der Waals surface area contributed by atoms with Crippen molar-refractivity contribution in [2.24, 2.45) is 0 Å². The molecular weight excluding hydrogens is 207 g/mol. The van der Waals surface area contributed by atoms with Crippen LogP contribution in [-0.2, 0) is 5.88 Å². The molecule has 0 aliphatic carbocycles. The summed E-state index contributed by atoms with van der Waals surface area (Å²) in [4.78, 5) is 0. The number of phenols is 1. The third-order valence-corrected chi connectivity index (χ3v) is 2.70. The predicted octanol–water partition coefficient (Wildman–Crippen LogP) is 3.91. The molecule has 72 valence electrons. The lowest BCUT2D eigenvalue weighted by atomic mass is 10.0. The number of hydrogen-bond donors (Lipinski definition) is 1. The highest BCUT2D eigenvalue weighted by atomic mass is 35.5. The highest BCUT2D eigenvalue weighted by Crippen LogP contribution is 2.35. The number of benzene rings is 1. The Hall–Kier alpha value is -0.400. The van der Waals surface area contributed by atoms with Crippen molar-refractivity contribution in [1.29, 1.82) is 0 Å². The summed E-state index contributed by atoms with van der Waals surface area (Å²) in [6, 6.07) is 3.72. The SMILES string of the molecule is CC(C)c1ccc(CCl)c(Cl)c1O. The van der Waals surface area contributed by atoms with Crippen LogP contribution in [0.2, 0.25) is 5.02 Å². The molecule has 0 unspecified atom stereocenters. The summed E-state index contributed by atoms with van der Waals surface area (Å²) in [6.45, 7) is 4.01. The molecule has 1 aromatic carbocycles. The Morgan fingerprint density at radius 2 is 2.00 bits per heavy atom. The summed E-state index contributed by atoms with van der Waals surface area (Å²) >= 11 is 11.5. The minimum Gasteiger partial charge on any atom is -0.506 e. The Labute approximate surface area is 88.3 Å². The minimum absolute atomic E-state index is 0.162. The van der Waals surface area contributed by atoms with E-state index in [4.69, 9.17) is 23.2 Å². The molecule has 1 aromatic rings. The molecule has 13 heavy (non-hydrogen) atoms. The van der Waals surface area contributed by atoms with Gasteiger partial charge in [-0.15, -0.1) is 11.6 Å². The maximum Gasteiger partial charge on any atom is 0.137 e. The van der Waals surface area contributed by atoms with Gasteiger partial charge in [0.15, 0.2) is 0 Å².